The van der Waals surface area contributed by atoms with E-state index in [0.29, 0.717) is 0 Å². The van der Waals surface area contributed by atoms with Crippen molar-refractivity contribution in [2.45, 2.75) is 18.5 Å². The van der Waals surface area contributed by atoms with Crippen LogP contribution in [0.4, 0.5) is 39.5 Å². The van der Waals surface area contributed by atoms with Crippen molar-refractivity contribution in [3.63, 3.8) is 0 Å². The SMILES string of the molecule is O=C([CH-]C(=O)C(F)(F)F)c1ccccc1.O=C([CH-]C(=O)C(F)(F)F)c1ccccc1.O=C([CH-]C(=O)C(F)(F)F)c1ccccc1.[Ru+3]. The van der Waals surface area contributed by atoms with E-state index in [9.17, 15) is 68.3 Å². The van der Waals surface area contributed by atoms with Gasteiger partial charge in [0, 0.05) is 17.3 Å². The maximum atomic E-state index is 11.8. The molecule has 0 saturated carbocycles. The Morgan fingerprint density at radius 1 is 0.370 bits per heavy atom. The minimum absolute atomic E-state index is 0. The van der Waals surface area contributed by atoms with Crippen molar-refractivity contribution in [3.05, 3.63) is 127 Å². The van der Waals surface area contributed by atoms with Crippen LogP contribution in [0.1, 0.15) is 31.1 Å². The first kappa shape index (κ1) is 41.3. The number of Topliss-reactive ketones (excluding diaryl/α,β-unsaturated/α-hetero) is 6. The number of hydrogen-bond acceptors (Lipinski definition) is 6. The molecule has 0 N–H and O–H groups in total. The van der Waals surface area contributed by atoms with Crippen LogP contribution in [-0.4, -0.2) is 53.2 Å². The van der Waals surface area contributed by atoms with E-state index in [-0.39, 0.29) is 55.4 Å². The Balaban J connectivity index is 0.000000653. The standard InChI is InChI=1S/3C10H6F3O2.Ru/c3*11-10(12,13)9(15)6-8(14)7-4-2-1-3-5-7;/h3*1-6H;/q3*-1;+3. The predicted molar refractivity (Wildman–Crippen MR) is 138 cm³/mol. The molecule has 0 amide bonds. The molecule has 0 saturated heterocycles. The van der Waals surface area contributed by atoms with Crippen molar-refractivity contribution >= 4 is 34.7 Å². The summed E-state index contributed by atoms with van der Waals surface area (Å²) in [7, 11) is 0. The summed E-state index contributed by atoms with van der Waals surface area (Å²) in [5.41, 5.74) is 0.153. The zero-order valence-electron chi connectivity index (χ0n) is 22.6. The van der Waals surface area contributed by atoms with Crippen LogP contribution >= 0.6 is 0 Å². The van der Waals surface area contributed by atoms with Crippen LogP contribution in [0, 0.1) is 19.3 Å². The molecule has 0 aliphatic carbocycles. The second-order valence-electron chi connectivity index (χ2n) is 8.21. The Bertz CT molecular complexity index is 1290. The summed E-state index contributed by atoms with van der Waals surface area (Å²) in [6.07, 6.45) is -14.8. The topological polar surface area (TPSA) is 102 Å². The van der Waals surface area contributed by atoms with Crippen LogP contribution in [0.3, 0.4) is 0 Å². The zero-order valence-corrected chi connectivity index (χ0v) is 24.3. The first-order valence-corrected chi connectivity index (χ1v) is 11.9. The van der Waals surface area contributed by atoms with Crippen molar-refractivity contribution in [2.24, 2.45) is 0 Å². The second kappa shape index (κ2) is 18.3. The van der Waals surface area contributed by atoms with Gasteiger partial charge >= 0.3 is 38.0 Å². The van der Waals surface area contributed by atoms with E-state index in [1.165, 1.54) is 72.8 Å². The molecule has 0 bridgehead atoms. The first-order chi connectivity index (χ1) is 20.7. The van der Waals surface area contributed by atoms with Crippen molar-refractivity contribution in [1.29, 1.82) is 0 Å². The molecule has 245 valence electrons. The van der Waals surface area contributed by atoms with Crippen LogP contribution in [0.25, 0.3) is 0 Å². The van der Waals surface area contributed by atoms with Gasteiger partial charge in [-0.05, 0) is 0 Å². The molecule has 0 aliphatic rings. The van der Waals surface area contributed by atoms with Gasteiger partial charge < -0.3 is 28.8 Å². The minimum atomic E-state index is -5.00. The van der Waals surface area contributed by atoms with E-state index < -0.39 is 53.2 Å². The molecule has 3 aromatic rings. The largest absolute Gasteiger partial charge is 3.00 e. The summed E-state index contributed by atoms with van der Waals surface area (Å²) in [5.74, 6) is -9.27. The molecule has 3 aromatic carbocycles. The molecule has 0 spiro atoms. The Labute approximate surface area is 267 Å². The first-order valence-electron chi connectivity index (χ1n) is 11.9. The van der Waals surface area contributed by atoms with Crippen molar-refractivity contribution < 1.29 is 87.8 Å². The molecule has 0 atom stereocenters. The average molecular weight is 747 g/mol. The van der Waals surface area contributed by atoms with E-state index in [1.807, 2.05) is 0 Å². The molecule has 46 heavy (non-hydrogen) atoms. The van der Waals surface area contributed by atoms with Gasteiger partial charge in [0.25, 0.3) is 0 Å². The third-order valence-corrected chi connectivity index (χ3v) is 4.80. The molecule has 16 heteroatoms. The molecular weight excluding hydrogens is 728 g/mol. The van der Waals surface area contributed by atoms with Crippen LogP contribution in [0.15, 0.2) is 91.0 Å². The fraction of sp³-hybridized carbons (Fsp3) is 0.100. The van der Waals surface area contributed by atoms with Crippen LogP contribution in [0.2, 0.25) is 0 Å². The number of carbonyl (C=O) groups is 6. The summed E-state index contributed by atoms with van der Waals surface area (Å²) in [5, 5.41) is 0. The number of benzene rings is 3. The van der Waals surface area contributed by atoms with Gasteiger partial charge in [-0.25, -0.2) is 0 Å². The number of rotatable bonds is 9. The third kappa shape index (κ3) is 15.3. The van der Waals surface area contributed by atoms with E-state index >= 15 is 0 Å². The molecule has 3 rings (SSSR count). The fourth-order valence-corrected chi connectivity index (χ4v) is 2.66. The smallest absolute Gasteiger partial charge is 0.331 e. The molecule has 0 fully saturated rings. The van der Waals surface area contributed by atoms with E-state index in [0.717, 1.165) is 0 Å². The molecular formula is C30H18F9O6Ru. The summed E-state index contributed by atoms with van der Waals surface area (Å²) in [6.45, 7) is 0. The zero-order chi connectivity index (χ0) is 34.4. The Kier molecular flexibility index (Phi) is 16.4. The van der Waals surface area contributed by atoms with Crippen LogP contribution in [-0.2, 0) is 33.9 Å². The van der Waals surface area contributed by atoms with Gasteiger partial charge in [-0.2, -0.15) is 39.5 Å². The van der Waals surface area contributed by atoms with Gasteiger partial charge in [0.1, 0.15) is 0 Å². The number of ketones is 6. The van der Waals surface area contributed by atoms with Gasteiger partial charge in [-0.15, -0.1) is 72.4 Å². The number of alkyl halides is 9. The number of hydrogen-bond donors (Lipinski definition) is 0. The average Bonchev–Trinajstić information content (AvgIpc) is 2.97. The molecule has 6 nitrogen and oxygen atoms in total. The molecule has 0 heterocycles. The van der Waals surface area contributed by atoms with Crippen LogP contribution < -0.4 is 0 Å². The molecule has 0 aromatic heterocycles. The minimum Gasteiger partial charge on any atom is -0.331 e. The van der Waals surface area contributed by atoms with Crippen molar-refractivity contribution in [1.82, 2.24) is 0 Å². The van der Waals surface area contributed by atoms with E-state index in [2.05, 4.69) is 0 Å². The number of carbonyl (C=O) groups excluding carboxylic acids is 6. The van der Waals surface area contributed by atoms with Crippen molar-refractivity contribution in [2.75, 3.05) is 0 Å². The molecule has 0 unspecified atom stereocenters. The molecule has 0 aliphatic heterocycles. The number of halogens is 9. The van der Waals surface area contributed by atoms with Gasteiger partial charge in [0.05, 0.1) is 0 Å². The van der Waals surface area contributed by atoms with E-state index in [1.54, 1.807) is 18.2 Å². The van der Waals surface area contributed by atoms with Gasteiger partial charge in [0.2, 0.25) is 0 Å². The maximum Gasteiger partial charge on any atom is 3.00 e. The second-order valence-corrected chi connectivity index (χ2v) is 8.21. The Hall–Kier alpha value is -4.72. The Morgan fingerprint density at radius 2 is 0.543 bits per heavy atom. The van der Waals surface area contributed by atoms with Gasteiger partial charge in [0.15, 0.2) is 17.3 Å². The summed E-state index contributed by atoms with van der Waals surface area (Å²) in [4.78, 5) is 64.7. The quantitative estimate of drug-likeness (QED) is 0.0804. The third-order valence-electron chi connectivity index (χ3n) is 4.80. The Morgan fingerprint density at radius 3 is 0.696 bits per heavy atom. The van der Waals surface area contributed by atoms with Gasteiger partial charge in [-0.1, -0.05) is 54.6 Å². The fourth-order valence-electron chi connectivity index (χ4n) is 2.66. The normalized spacial score (nSPS) is 10.6. The van der Waals surface area contributed by atoms with Gasteiger partial charge in [-0.3, -0.25) is 0 Å². The van der Waals surface area contributed by atoms with Crippen molar-refractivity contribution in [3.8, 4) is 0 Å². The predicted octanol–water partition coefficient (Wildman–Crippen LogP) is 6.61. The summed E-state index contributed by atoms with van der Waals surface area (Å²) < 4.78 is 106. The van der Waals surface area contributed by atoms with E-state index in [4.69, 9.17) is 0 Å². The summed E-state index contributed by atoms with van der Waals surface area (Å²) in [6, 6.07) is 21.9. The maximum absolute atomic E-state index is 11.8. The summed E-state index contributed by atoms with van der Waals surface area (Å²) >= 11 is 0. The van der Waals surface area contributed by atoms with Crippen LogP contribution in [0.5, 0.6) is 0 Å². The monoisotopic (exact) mass is 747 g/mol. The molecule has 1 radical (unpaired) electrons.